The molecule has 3 aliphatic rings. The van der Waals surface area contributed by atoms with Crippen LogP contribution in [0, 0.1) is 38.2 Å². The monoisotopic (exact) mass is 1280 g/mol. The largest absolute Gasteiger partial charge is 0.395 e. The highest BCUT2D eigenvalue weighted by Crippen LogP contribution is 2.36. The number of likely N-dealkylation sites (tertiary alicyclic amines) is 3. The van der Waals surface area contributed by atoms with Gasteiger partial charge < -0.3 is 30.0 Å². The lowest BCUT2D eigenvalue weighted by atomic mass is 9.88. The Hall–Kier alpha value is -8.91. The number of imidazole rings is 2. The highest BCUT2D eigenvalue weighted by molar-refractivity contribution is 5.89. The third-order valence-corrected chi connectivity index (χ3v) is 18.7. The molecule has 20 nitrogen and oxygen atoms in total. The Bertz CT molecular complexity index is 4550. The normalized spacial score (nSPS) is 15.8. The van der Waals surface area contributed by atoms with E-state index >= 15 is 13.2 Å². The first-order valence-corrected chi connectivity index (χ1v) is 32.3. The molecule has 0 unspecified atom stereocenters. The van der Waals surface area contributed by atoms with E-state index < -0.39 is 5.82 Å². The molecule has 486 valence electrons. The highest BCUT2D eigenvalue weighted by Gasteiger charge is 2.26. The minimum absolute atomic E-state index is 0.163. The number of rotatable bonds is 13. The molecule has 8 aromatic heterocycles. The molecular formula is C70H75F4N17O3. The number of fused-ring (bicyclic) bond motifs is 6. The lowest BCUT2D eigenvalue weighted by Crippen LogP contribution is -2.35. The van der Waals surface area contributed by atoms with Gasteiger partial charge in [0.1, 0.15) is 24.1 Å². The van der Waals surface area contributed by atoms with Crippen LogP contribution >= 0.6 is 0 Å². The summed E-state index contributed by atoms with van der Waals surface area (Å²) in [7, 11) is 1.91. The van der Waals surface area contributed by atoms with Gasteiger partial charge in [0.25, 0.3) is 0 Å². The summed E-state index contributed by atoms with van der Waals surface area (Å²) in [6.07, 6.45) is 11.2. The van der Waals surface area contributed by atoms with Crippen LogP contribution in [0.5, 0.6) is 0 Å². The summed E-state index contributed by atoms with van der Waals surface area (Å²) in [6, 6.07) is 23.1. The third-order valence-electron chi connectivity index (χ3n) is 18.7. The molecule has 3 aliphatic heterocycles. The first kappa shape index (κ1) is 63.8. The second-order valence-corrected chi connectivity index (χ2v) is 25.1. The number of alkyl halides is 1. The Balaban J connectivity index is 0.000000128. The van der Waals surface area contributed by atoms with Crippen LogP contribution in [-0.4, -0.2) is 172 Å². The Morgan fingerprint density at radius 3 is 1.48 bits per heavy atom. The smallest absolute Gasteiger partial charge is 0.159 e. The van der Waals surface area contributed by atoms with E-state index in [0.29, 0.717) is 102 Å². The van der Waals surface area contributed by atoms with Crippen molar-refractivity contribution in [1.82, 2.24) is 84.3 Å². The lowest BCUT2D eigenvalue weighted by molar-refractivity contribution is 0.163. The summed E-state index contributed by atoms with van der Waals surface area (Å²) in [5.41, 5.74) is 14.0. The lowest BCUT2D eigenvalue weighted by Gasteiger charge is -2.31. The van der Waals surface area contributed by atoms with Crippen molar-refractivity contribution in [2.45, 2.75) is 97.2 Å². The fourth-order valence-corrected chi connectivity index (χ4v) is 13.6. The second kappa shape index (κ2) is 27.6. The molecule has 0 radical (unpaired) electrons. The topological polar surface area (TPSA) is 226 Å². The summed E-state index contributed by atoms with van der Waals surface area (Å²) in [6.45, 7) is 15.1. The maximum absolute atomic E-state index is 15.1. The van der Waals surface area contributed by atoms with E-state index in [4.69, 9.17) is 5.11 Å². The summed E-state index contributed by atoms with van der Waals surface area (Å²) >= 11 is 0. The van der Waals surface area contributed by atoms with Crippen LogP contribution in [0.25, 0.3) is 88.7 Å². The SMILES string of the molecule is CCN1CCC(c2cc(F)c3cc(-c4cc(C)c5nn(C)cc5c4)nnc3c2)CC1.Cc1cn2nc(-c3cc(F)c4cc(C5CCN(CCF)CC5)nnc4c3)cc(CO)c2n1.Cc1cn2nc(-c3cc(F)c4cc(C5CCN(CCO)CC5)nnc4c3)cc(CO)c2n1. The molecule has 15 rings (SSSR count). The fourth-order valence-electron chi connectivity index (χ4n) is 13.6. The van der Waals surface area contributed by atoms with Crippen LogP contribution in [0.3, 0.4) is 0 Å². The number of halogens is 4. The van der Waals surface area contributed by atoms with Gasteiger partial charge in [-0.05, 0) is 201 Å². The van der Waals surface area contributed by atoms with Crippen molar-refractivity contribution in [1.29, 1.82) is 0 Å². The Morgan fingerprint density at radius 1 is 0.479 bits per heavy atom. The van der Waals surface area contributed by atoms with E-state index in [2.05, 4.69) is 77.5 Å². The maximum Gasteiger partial charge on any atom is 0.159 e. The average molecular weight is 1280 g/mol. The van der Waals surface area contributed by atoms with Gasteiger partial charge in [-0.2, -0.15) is 35.7 Å². The molecule has 3 fully saturated rings. The van der Waals surface area contributed by atoms with Crippen LogP contribution in [0.2, 0.25) is 0 Å². The molecule has 24 heteroatoms. The van der Waals surface area contributed by atoms with Gasteiger partial charge in [0, 0.05) is 87.5 Å². The first-order chi connectivity index (χ1) is 45.6. The molecule has 0 aliphatic carbocycles. The number of aromatic nitrogens is 14. The fraction of sp³-hybridized carbons (Fsp3) is 0.386. The first-order valence-electron chi connectivity index (χ1n) is 32.3. The molecule has 0 bridgehead atoms. The zero-order valence-corrected chi connectivity index (χ0v) is 53.4. The molecular weight excluding hydrogens is 1200 g/mol. The van der Waals surface area contributed by atoms with Gasteiger partial charge >= 0.3 is 0 Å². The molecule has 0 amide bonds. The van der Waals surface area contributed by atoms with E-state index in [0.717, 1.165) is 135 Å². The van der Waals surface area contributed by atoms with Crippen LogP contribution in [0.15, 0.2) is 97.5 Å². The Kier molecular flexibility index (Phi) is 18.7. The van der Waals surface area contributed by atoms with Gasteiger partial charge in [-0.25, -0.2) is 36.6 Å². The third kappa shape index (κ3) is 13.4. The Morgan fingerprint density at radius 2 is 0.957 bits per heavy atom. The molecule has 3 N–H and O–H groups in total. The van der Waals surface area contributed by atoms with Crippen LogP contribution in [0.1, 0.15) is 108 Å². The number of aliphatic hydroxyl groups excluding tert-OH is 3. The average Bonchev–Trinajstić information content (AvgIpc) is 1.19. The van der Waals surface area contributed by atoms with Crippen LogP contribution in [-0.2, 0) is 20.3 Å². The molecule has 4 aromatic carbocycles. The van der Waals surface area contributed by atoms with E-state index in [1.165, 1.54) is 12.1 Å². The van der Waals surface area contributed by atoms with Crippen molar-refractivity contribution in [2.75, 3.05) is 72.2 Å². The van der Waals surface area contributed by atoms with E-state index in [9.17, 15) is 14.6 Å². The molecule has 94 heavy (non-hydrogen) atoms. The summed E-state index contributed by atoms with van der Waals surface area (Å²) in [5.74, 6) is -0.151. The zero-order chi connectivity index (χ0) is 65.3. The van der Waals surface area contributed by atoms with Crippen molar-refractivity contribution in [3.63, 3.8) is 0 Å². The number of aliphatic hydroxyl groups is 3. The summed E-state index contributed by atoms with van der Waals surface area (Å²) in [4.78, 5) is 15.5. The minimum atomic E-state index is -0.391. The zero-order valence-electron chi connectivity index (χ0n) is 53.4. The van der Waals surface area contributed by atoms with E-state index in [1.807, 2.05) is 64.3 Å². The number of nitrogens with zero attached hydrogens (tertiary/aromatic N) is 17. The standard InChI is InChI=1S/C24H26FN5.C23H24F2N6O.C23H25FN6O2/c1-4-30-7-5-16(6-8-30)17-11-21(25)20-13-22(26-27-23(20)12-17)18-9-15(2)24-19(10-18)14-29(3)28-24;1-14-12-31-23(26-14)17(13-32)10-21(29-31)16-8-19(25)18-11-20(27-28-22(18)9-16)15-2-5-30(6-3-15)7-4-24;1-14-12-30-23(25-14)17(13-32)10-21(28-30)16-8-19(24)18-11-20(26-27-22(18)9-16)15-2-4-29(5-3-15)6-7-31/h9-14,16H,4-8H2,1-3H3;8-12,15,32H,2-7,13H2,1H3;8-12,15,31-32H,2-7,13H2,1H3. The van der Waals surface area contributed by atoms with Crippen molar-refractivity contribution in [3.05, 3.63) is 160 Å². The minimum Gasteiger partial charge on any atom is -0.395 e. The molecule has 0 saturated carbocycles. The number of piperidine rings is 3. The van der Waals surface area contributed by atoms with Crippen LogP contribution in [0.4, 0.5) is 17.6 Å². The van der Waals surface area contributed by atoms with Gasteiger partial charge in [0.05, 0.1) is 94.1 Å². The van der Waals surface area contributed by atoms with E-state index in [-0.39, 0.29) is 50.0 Å². The number of aryl methyl sites for hydroxylation is 4. The number of hydrogen-bond acceptors (Lipinski definition) is 17. The predicted molar refractivity (Wildman–Crippen MR) is 352 cm³/mol. The Labute approximate surface area is 539 Å². The maximum atomic E-state index is 15.1. The molecule has 3 saturated heterocycles. The molecule has 11 heterocycles. The van der Waals surface area contributed by atoms with E-state index in [1.54, 1.807) is 62.5 Å². The van der Waals surface area contributed by atoms with Gasteiger partial charge in [-0.1, -0.05) is 6.92 Å². The molecule has 0 spiro atoms. The molecule has 12 aromatic rings. The number of β-amino-alcohol motifs (C(OH)–C–C–N with tert-alkyl or cyclic N) is 1. The predicted octanol–water partition coefficient (Wildman–Crippen LogP) is 10.7. The van der Waals surface area contributed by atoms with Crippen molar-refractivity contribution >= 4 is 54.9 Å². The van der Waals surface area contributed by atoms with Crippen molar-refractivity contribution in [3.8, 4) is 33.8 Å². The van der Waals surface area contributed by atoms with Gasteiger partial charge in [0.2, 0.25) is 0 Å². The quantitative estimate of drug-likeness (QED) is 0.0912. The molecule has 0 atom stereocenters. The highest BCUT2D eigenvalue weighted by atomic mass is 19.1. The summed E-state index contributed by atoms with van der Waals surface area (Å²) < 4.78 is 62.9. The number of hydrogen-bond donors (Lipinski definition) is 3. The van der Waals surface area contributed by atoms with Crippen molar-refractivity contribution < 1.29 is 32.9 Å². The number of benzene rings is 4. The van der Waals surface area contributed by atoms with Gasteiger partial charge in [0.15, 0.2) is 11.3 Å². The summed E-state index contributed by atoms with van der Waals surface area (Å²) in [5, 5.41) is 70.9. The van der Waals surface area contributed by atoms with Gasteiger partial charge in [-0.15, -0.1) is 10.2 Å². The van der Waals surface area contributed by atoms with Crippen molar-refractivity contribution in [2.24, 2.45) is 7.05 Å². The van der Waals surface area contributed by atoms with Gasteiger partial charge in [-0.3, -0.25) is 4.68 Å². The van der Waals surface area contributed by atoms with Crippen LogP contribution < -0.4 is 0 Å². The second-order valence-electron chi connectivity index (χ2n) is 25.1.